The fourth-order valence-corrected chi connectivity index (χ4v) is 2.98. The van der Waals surface area contributed by atoms with Crippen molar-refractivity contribution in [3.05, 3.63) is 95.1 Å². The normalized spacial score (nSPS) is 10.4. The molecular weight excluding hydrogens is 348 g/mol. The molecule has 0 aromatic heterocycles. The number of anilines is 2. The minimum atomic E-state index is -0.206. The Hall–Kier alpha value is -3.40. The second-order valence-corrected chi connectivity index (χ2v) is 6.75. The van der Waals surface area contributed by atoms with Crippen LogP contribution < -0.4 is 10.6 Å². The molecule has 0 radical (unpaired) electrons. The van der Waals surface area contributed by atoms with Gasteiger partial charge in [-0.3, -0.25) is 9.59 Å². The fraction of sp³-hybridized carbons (Fsp3) is 0.167. The minimum Gasteiger partial charge on any atom is -0.322 e. The molecule has 0 saturated heterocycles. The molecule has 0 aliphatic heterocycles. The number of aryl methyl sites for hydroxylation is 2. The van der Waals surface area contributed by atoms with Crippen molar-refractivity contribution < 1.29 is 9.59 Å². The summed E-state index contributed by atoms with van der Waals surface area (Å²) in [4.78, 5) is 25.1. The van der Waals surface area contributed by atoms with Gasteiger partial charge in [-0.25, -0.2) is 0 Å². The molecule has 0 aliphatic rings. The maximum absolute atomic E-state index is 12.7. The SMILES string of the molecule is CCCc1ccc(NC(=O)c2cc(NC(=O)c3ccccc3)ccc2C)cc1. The average molecular weight is 372 g/mol. The Morgan fingerprint density at radius 2 is 1.43 bits per heavy atom. The number of amides is 2. The summed E-state index contributed by atoms with van der Waals surface area (Å²) < 4.78 is 0. The third-order valence-electron chi connectivity index (χ3n) is 4.53. The number of rotatable bonds is 6. The molecule has 142 valence electrons. The van der Waals surface area contributed by atoms with E-state index in [0.29, 0.717) is 16.8 Å². The van der Waals surface area contributed by atoms with Gasteiger partial charge in [0.2, 0.25) is 0 Å². The second-order valence-electron chi connectivity index (χ2n) is 6.75. The van der Waals surface area contributed by atoms with Gasteiger partial charge >= 0.3 is 0 Å². The van der Waals surface area contributed by atoms with Crippen LogP contribution >= 0.6 is 0 Å². The molecule has 2 N–H and O–H groups in total. The molecule has 4 heteroatoms. The Labute approximate surface area is 165 Å². The molecule has 0 atom stereocenters. The number of benzene rings is 3. The highest BCUT2D eigenvalue weighted by Crippen LogP contribution is 2.19. The number of hydrogen-bond donors (Lipinski definition) is 2. The summed E-state index contributed by atoms with van der Waals surface area (Å²) in [6.45, 7) is 4.02. The lowest BCUT2D eigenvalue weighted by Crippen LogP contribution is -2.15. The Morgan fingerprint density at radius 3 is 2.11 bits per heavy atom. The van der Waals surface area contributed by atoms with Gasteiger partial charge in [0.25, 0.3) is 11.8 Å². The predicted molar refractivity (Wildman–Crippen MR) is 114 cm³/mol. The summed E-state index contributed by atoms with van der Waals surface area (Å²) in [5.74, 6) is -0.404. The van der Waals surface area contributed by atoms with Crippen molar-refractivity contribution >= 4 is 23.2 Å². The minimum absolute atomic E-state index is 0.198. The molecule has 0 bridgehead atoms. The van der Waals surface area contributed by atoms with Crippen LogP contribution in [0, 0.1) is 6.92 Å². The summed E-state index contributed by atoms with van der Waals surface area (Å²) in [6.07, 6.45) is 2.11. The first kappa shape index (κ1) is 19.4. The van der Waals surface area contributed by atoms with Crippen molar-refractivity contribution in [3.8, 4) is 0 Å². The van der Waals surface area contributed by atoms with Gasteiger partial charge in [0, 0.05) is 22.5 Å². The van der Waals surface area contributed by atoms with E-state index in [4.69, 9.17) is 0 Å². The molecular formula is C24H24N2O2. The van der Waals surface area contributed by atoms with Crippen LogP contribution in [0.3, 0.4) is 0 Å². The zero-order valence-electron chi connectivity index (χ0n) is 16.2. The van der Waals surface area contributed by atoms with Crippen LogP contribution in [-0.4, -0.2) is 11.8 Å². The van der Waals surface area contributed by atoms with Crippen molar-refractivity contribution in [3.63, 3.8) is 0 Å². The molecule has 3 rings (SSSR count). The number of nitrogens with one attached hydrogen (secondary N) is 2. The highest BCUT2D eigenvalue weighted by molar-refractivity contribution is 6.08. The van der Waals surface area contributed by atoms with Crippen molar-refractivity contribution in [1.29, 1.82) is 0 Å². The first-order chi connectivity index (χ1) is 13.6. The van der Waals surface area contributed by atoms with Gasteiger partial charge in [-0.2, -0.15) is 0 Å². The van der Waals surface area contributed by atoms with Crippen LogP contribution in [0.15, 0.2) is 72.8 Å². The molecule has 0 heterocycles. The number of carbonyl (C=O) groups excluding carboxylic acids is 2. The standard InChI is InChI=1S/C24H24N2O2/c1-3-7-18-11-14-20(15-12-18)25-24(28)22-16-21(13-10-17(22)2)26-23(27)19-8-5-4-6-9-19/h4-6,8-16H,3,7H2,1-2H3,(H,25,28)(H,26,27). The van der Waals surface area contributed by atoms with Gasteiger partial charge in [0.1, 0.15) is 0 Å². The van der Waals surface area contributed by atoms with Gasteiger partial charge in [-0.1, -0.05) is 49.7 Å². The molecule has 3 aromatic carbocycles. The van der Waals surface area contributed by atoms with Crippen LogP contribution in [-0.2, 0) is 6.42 Å². The van der Waals surface area contributed by atoms with Gasteiger partial charge in [0.15, 0.2) is 0 Å². The van der Waals surface area contributed by atoms with Gasteiger partial charge in [0.05, 0.1) is 0 Å². The van der Waals surface area contributed by atoms with E-state index < -0.39 is 0 Å². The third-order valence-corrected chi connectivity index (χ3v) is 4.53. The molecule has 28 heavy (non-hydrogen) atoms. The lowest BCUT2D eigenvalue weighted by Gasteiger charge is -2.11. The summed E-state index contributed by atoms with van der Waals surface area (Å²) in [5, 5.41) is 5.78. The topological polar surface area (TPSA) is 58.2 Å². The maximum atomic E-state index is 12.7. The molecule has 0 fully saturated rings. The van der Waals surface area contributed by atoms with Crippen LogP contribution in [0.2, 0.25) is 0 Å². The quantitative estimate of drug-likeness (QED) is 0.604. The Bertz CT molecular complexity index is 964. The van der Waals surface area contributed by atoms with Crippen molar-refractivity contribution in [1.82, 2.24) is 0 Å². The number of hydrogen-bond acceptors (Lipinski definition) is 2. The van der Waals surface area contributed by atoms with Crippen molar-refractivity contribution in [2.75, 3.05) is 10.6 Å². The molecule has 4 nitrogen and oxygen atoms in total. The van der Waals surface area contributed by atoms with E-state index in [1.807, 2.05) is 55.5 Å². The largest absolute Gasteiger partial charge is 0.322 e. The Kier molecular flexibility index (Phi) is 6.22. The summed E-state index contributed by atoms with van der Waals surface area (Å²) in [5.41, 5.74) is 4.54. The van der Waals surface area contributed by atoms with E-state index in [-0.39, 0.29) is 11.8 Å². The molecule has 0 aliphatic carbocycles. The zero-order chi connectivity index (χ0) is 19.9. The van der Waals surface area contributed by atoms with E-state index in [1.54, 1.807) is 24.3 Å². The fourth-order valence-electron chi connectivity index (χ4n) is 2.98. The number of carbonyl (C=O) groups is 2. The molecule has 0 saturated carbocycles. The van der Waals surface area contributed by atoms with E-state index in [0.717, 1.165) is 24.1 Å². The molecule has 3 aromatic rings. The smallest absolute Gasteiger partial charge is 0.256 e. The predicted octanol–water partition coefficient (Wildman–Crippen LogP) is 5.45. The van der Waals surface area contributed by atoms with Crippen molar-refractivity contribution in [2.45, 2.75) is 26.7 Å². The average Bonchev–Trinajstić information content (AvgIpc) is 2.71. The lowest BCUT2D eigenvalue weighted by molar-refractivity contribution is 0.101. The Balaban J connectivity index is 1.73. The highest BCUT2D eigenvalue weighted by atomic mass is 16.2. The first-order valence-corrected chi connectivity index (χ1v) is 9.44. The summed E-state index contributed by atoms with van der Waals surface area (Å²) in [6, 6.07) is 22.2. The van der Waals surface area contributed by atoms with Gasteiger partial charge in [-0.05, 0) is 60.9 Å². The van der Waals surface area contributed by atoms with Crippen LogP contribution in [0.1, 0.15) is 45.2 Å². The van der Waals surface area contributed by atoms with Gasteiger partial charge < -0.3 is 10.6 Å². The maximum Gasteiger partial charge on any atom is 0.256 e. The zero-order valence-corrected chi connectivity index (χ0v) is 16.2. The van der Waals surface area contributed by atoms with Crippen LogP contribution in [0.5, 0.6) is 0 Å². The molecule has 0 unspecified atom stereocenters. The molecule has 0 spiro atoms. The first-order valence-electron chi connectivity index (χ1n) is 9.44. The monoisotopic (exact) mass is 372 g/mol. The van der Waals surface area contributed by atoms with Crippen molar-refractivity contribution in [2.24, 2.45) is 0 Å². The molecule has 2 amide bonds. The van der Waals surface area contributed by atoms with Crippen LogP contribution in [0.25, 0.3) is 0 Å². The second kappa shape index (κ2) is 9.00. The highest BCUT2D eigenvalue weighted by Gasteiger charge is 2.12. The van der Waals surface area contributed by atoms with E-state index in [2.05, 4.69) is 17.6 Å². The van der Waals surface area contributed by atoms with E-state index in [1.165, 1.54) is 5.56 Å². The third kappa shape index (κ3) is 4.86. The Morgan fingerprint density at radius 1 is 0.786 bits per heavy atom. The van der Waals surface area contributed by atoms with E-state index in [9.17, 15) is 9.59 Å². The summed E-state index contributed by atoms with van der Waals surface area (Å²) >= 11 is 0. The lowest BCUT2D eigenvalue weighted by atomic mass is 10.1. The summed E-state index contributed by atoms with van der Waals surface area (Å²) in [7, 11) is 0. The van der Waals surface area contributed by atoms with E-state index >= 15 is 0 Å². The van der Waals surface area contributed by atoms with Gasteiger partial charge in [-0.15, -0.1) is 0 Å². The van der Waals surface area contributed by atoms with Crippen LogP contribution in [0.4, 0.5) is 11.4 Å².